The van der Waals surface area contributed by atoms with E-state index >= 15 is 0 Å². The van der Waals surface area contributed by atoms with Crippen LogP contribution in [-0.4, -0.2) is 36.3 Å². The molecule has 2 N–H and O–H groups in total. The molecular weight excluding hydrogens is 396 g/mol. The number of halogens is 1. The number of anilines is 1. The van der Waals surface area contributed by atoms with Crippen molar-refractivity contribution in [2.24, 2.45) is 0 Å². The zero-order chi connectivity index (χ0) is 20.0. The van der Waals surface area contributed by atoms with Crippen molar-refractivity contribution in [1.29, 1.82) is 0 Å². The third-order valence-electron chi connectivity index (χ3n) is 4.71. The molecule has 0 radical (unpaired) electrons. The molecule has 7 heteroatoms. The van der Waals surface area contributed by atoms with Crippen LogP contribution in [0, 0.1) is 6.92 Å². The quantitative estimate of drug-likeness (QED) is 0.719. The van der Waals surface area contributed by atoms with Gasteiger partial charge in [0.2, 0.25) is 0 Å². The highest BCUT2D eigenvalue weighted by molar-refractivity contribution is 8.00. The van der Waals surface area contributed by atoms with Gasteiger partial charge in [0.05, 0.1) is 0 Å². The molecule has 2 aromatic carbocycles. The van der Waals surface area contributed by atoms with Gasteiger partial charge in [-0.05, 0) is 49.6 Å². The average molecular weight is 419 g/mol. The summed E-state index contributed by atoms with van der Waals surface area (Å²) in [5.41, 5.74) is 1.37. The Morgan fingerprint density at radius 3 is 2.54 bits per heavy atom. The summed E-state index contributed by atoms with van der Waals surface area (Å²) in [4.78, 5) is 25.8. The molecule has 1 saturated heterocycles. The summed E-state index contributed by atoms with van der Waals surface area (Å²) in [6, 6.07) is 15.2. The first kappa shape index (κ1) is 20.7. The van der Waals surface area contributed by atoms with Crippen molar-refractivity contribution >= 4 is 40.9 Å². The molecule has 1 heterocycles. The van der Waals surface area contributed by atoms with Gasteiger partial charge in [0, 0.05) is 40.1 Å². The summed E-state index contributed by atoms with van der Waals surface area (Å²) >= 11 is 7.70. The lowest BCUT2D eigenvalue weighted by Gasteiger charge is -2.36. The number of benzene rings is 2. The first-order valence-electron chi connectivity index (χ1n) is 9.15. The lowest BCUT2D eigenvalue weighted by atomic mass is 9.99. The van der Waals surface area contributed by atoms with Gasteiger partial charge in [-0.15, -0.1) is 11.8 Å². The van der Waals surface area contributed by atoms with Gasteiger partial charge < -0.3 is 15.4 Å². The van der Waals surface area contributed by atoms with Gasteiger partial charge in [-0.2, -0.15) is 0 Å². The maximum atomic E-state index is 12.4. The Labute approximate surface area is 174 Å². The van der Waals surface area contributed by atoms with E-state index in [1.807, 2.05) is 25.1 Å². The van der Waals surface area contributed by atoms with Gasteiger partial charge in [-0.3, -0.25) is 9.59 Å². The normalized spacial score (nSPS) is 15.6. The summed E-state index contributed by atoms with van der Waals surface area (Å²) in [5.74, 6) is -1.35. The molecule has 148 valence electrons. The summed E-state index contributed by atoms with van der Waals surface area (Å²) in [7, 11) is 0. The van der Waals surface area contributed by atoms with Crippen LogP contribution in [0.3, 0.4) is 0 Å². The van der Waals surface area contributed by atoms with E-state index in [0.29, 0.717) is 30.5 Å². The molecule has 0 unspecified atom stereocenters. The van der Waals surface area contributed by atoms with Gasteiger partial charge in [-0.1, -0.05) is 35.9 Å². The highest BCUT2D eigenvalue weighted by Crippen LogP contribution is 2.40. The zero-order valence-electron chi connectivity index (χ0n) is 15.7. The highest BCUT2D eigenvalue weighted by Gasteiger charge is 2.35. The second-order valence-electron chi connectivity index (χ2n) is 6.81. The van der Waals surface area contributed by atoms with Crippen molar-refractivity contribution in [3.63, 3.8) is 0 Å². The minimum absolute atomic E-state index is 0.193. The molecule has 5 nitrogen and oxygen atoms in total. The van der Waals surface area contributed by atoms with Crippen molar-refractivity contribution in [1.82, 2.24) is 5.32 Å². The summed E-state index contributed by atoms with van der Waals surface area (Å²) in [6.07, 6.45) is 1.61. The topological polar surface area (TPSA) is 67.4 Å². The molecule has 0 aliphatic carbocycles. The monoisotopic (exact) mass is 418 g/mol. The largest absolute Gasteiger partial charge is 0.381 e. The maximum Gasteiger partial charge on any atom is 0.313 e. The number of rotatable bonds is 5. The van der Waals surface area contributed by atoms with E-state index < -0.39 is 11.8 Å². The number of carbonyl (C=O) groups is 2. The molecule has 0 atom stereocenters. The Kier molecular flexibility index (Phi) is 6.99. The van der Waals surface area contributed by atoms with Gasteiger partial charge in [0.15, 0.2) is 0 Å². The van der Waals surface area contributed by atoms with Crippen LogP contribution in [0.4, 0.5) is 5.69 Å². The zero-order valence-corrected chi connectivity index (χ0v) is 17.2. The number of ether oxygens (including phenoxy) is 1. The number of carbonyl (C=O) groups excluding carboxylic acids is 2. The lowest BCUT2D eigenvalue weighted by molar-refractivity contribution is -0.136. The van der Waals surface area contributed by atoms with Crippen LogP contribution >= 0.6 is 23.4 Å². The van der Waals surface area contributed by atoms with Crippen molar-refractivity contribution < 1.29 is 14.3 Å². The van der Waals surface area contributed by atoms with E-state index in [9.17, 15) is 9.59 Å². The van der Waals surface area contributed by atoms with Crippen LogP contribution in [-0.2, 0) is 14.3 Å². The number of nitrogens with one attached hydrogen (secondary N) is 2. The number of hydrogen-bond donors (Lipinski definition) is 2. The Morgan fingerprint density at radius 1 is 1.11 bits per heavy atom. The fraction of sp³-hybridized carbons (Fsp3) is 0.333. The second kappa shape index (κ2) is 9.45. The van der Waals surface area contributed by atoms with Gasteiger partial charge >= 0.3 is 11.8 Å². The summed E-state index contributed by atoms with van der Waals surface area (Å²) in [5, 5.41) is 5.94. The fourth-order valence-electron chi connectivity index (χ4n) is 3.03. The number of hydrogen-bond acceptors (Lipinski definition) is 4. The number of thioether (sulfide) groups is 1. The Balaban J connectivity index is 1.63. The Morgan fingerprint density at radius 2 is 1.82 bits per heavy atom. The first-order chi connectivity index (χ1) is 13.5. The van der Waals surface area contributed by atoms with Crippen molar-refractivity contribution in [2.45, 2.75) is 29.4 Å². The minimum atomic E-state index is -0.697. The minimum Gasteiger partial charge on any atom is -0.381 e. The van der Waals surface area contributed by atoms with Crippen LogP contribution in [0.1, 0.15) is 18.4 Å². The molecule has 1 fully saturated rings. The van der Waals surface area contributed by atoms with Crippen molar-refractivity contribution in [3.8, 4) is 0 Å². The molecule has 0 saturated carbocycles. The smallest absolute Gasteiger partial charge is 0.313 e. The molecule has 2 amide bonds. The molecule has 0 bridgehead atoms. The predicted octanol–water partition coefficient (Wildman–Crippen LogP) is 4.04. The number of aryl methyl sites for hydroxylation is 1. The molecule has 2 aromatic rings. The number of amides is 2. The van der Waals surface area contributed by atoms with Crippen LogP contribution in [0.2, 0.25) is 5.02 Å². The van der Waals surface area contributed by atoms with Gasteiger partial charge in [0.25, 0.3) is 0 Å². The highest BCUT2D eigenvalue weighted by atomic mass is 35.5. The molecule has 28 heavy (non-hydrogen) atoms. The maximum absolute atomic E-state index is 12.4. The van der Waals surface area contributed by atoms with Crippen molar-refractivity contribution in [3.05, 3.63) is 59.1 Å². The van der Waals surface area contributed by atoms with Gasteiger partial charge in [-0.25, -0.2) is 0 Å². The molecular formula is C21H23ClN2O3S. The molecule has 1 aliphatic heterocycles. The standard InChI is InChI=1S/C21H23ClN2O3S/c1-15-7-8-16(22)13-18(15)24-20(26)19(25)23-14-21(9-11-27-12-10-21)28-17-5-3-2-4-6-17/h2-8,13H,9-12,14H2,1H3,(H,23,25)(H,24,26). The molecule has 3 rings (SSSR count). The van der Waals surface area contributed by atoms with Crippen LogP contribution in [0.25, 0.3) is 0 Å². The fourth-order valence-corrected chi connectivity index (χ4v) is 4.51. The van der Waals surface area contributed by atoms with Crippen LogP contribution < -0.4 is 10.6 Å². The predicted molar refractivity (Wildman–Crippen MR) is 113 cm³/mol. The van der Waals surface area contributed by atoms with E-state index in [2.05, 4.69) is 22.8 Å². The first-order valence-corrected chi connectivity index (χ1v) is 10.3. The SMILES string of the molecule is Cc1ccc(Cl)cc1NC(=O)C(=O)NCC1(Sc2ccccc2)CCOCC1. The van der Waals surface area contributed by atoms with Crippen LogP contribution in [0.5, 0.6) is 0 Å². The van der Waals surface area contributed by atoms with Crippen molar-refractivity contribution in [2.75, 3.05) is 25.1 Å². The Bertz CT molecular complexity index is 839. The third-order valence-corrected chi connectivity index (χ3v) is 6.44. The summed E-state index contributed by atoms with van der Waals surface area (Å²) < 4.78 is 5.31. The van der Waals surface area contributed by atoms with E-state index in [1.165, 1.54) is 0 Å². The van der Waals surface area contributed by atoms with Gasteiger partial charge in [0.1, 0.15) is 0 Å². The van der Waals surface area contributed by atoms with Crippen LogP contribution in [0.15, 0.2) is 53.4 Å². The summed E-state index contributed by atoms with van der Waals surface area (Å²) in [6.45, 7) is 3.53. The second-order valence-corrected chi connectivity index (χ2v) is 8.78. The lowest BCUT2D eigenvalue weighted by Crippen LogP contribution is -2.47. The van der Waals surface area contributed by atoms with E-state index in [4.69, 9.17) is 16.3 Å². The Hall–Kier alpha value is -2.02. The average Bonchev–Trinajstić information content (AvgIpc) is 2.70. The van der Waals surface area contributed by atoms with E-state index in [0.717, 1.165) is 23.3 Å². The molecule has 0 aromatic heterocycles. The molecule has 1 aliphatic rings. The third kappa shape index (κ3) is 5.50. The van der Waals surface area contributed by atoms with E-state index in [1.54, 1.807) is 30.0 Å². The van der Waals surface area contributed by atoms with E-state index in [-0.39, 0.29) is 4.75 Å². The molecule has 0 spiro atoms.